The second-order valence-electron chi connectivity index (χ2n) is 10.2. The number of anilines is 1. The van der Waals surface area contributed by atoms with Crippen molar-refractivity contribution in [1.82, 2.24) is 15.4 Å². The Morgan fingerprint density at radius 3 is 2.39 bits per heavy atom. The van der Waals surface area contributed by atoms with E-state index >= 15 is 0 Å². The van der Waals surface area contributed by atoms with Crippen LogP contribution in [0.4, 0.5) is 5.69 Å². The van der Waals surface area contributed by atoms with Gasteiger partial charge in [-0.2, -0.15) is 0 Å². The van der Waals surface area contributed by atoms with Gasteiger partial charge in [-0.05, 0) is 48.9 Å². The van der Waals surface area contributed by atoms with Crippen molar-refractivity contribution >= 4 is 17.5 Å². The molecule has 1 fully saturated rings. The number of hydrogen-bond acceptors (Lipinski definition) is 8. The van der Waals surface area contributed by atoms with E-state index in [1.165, 1.54) is 0 Å². The number of carbonyl (C=O) groups excluding carboxylic acids is 2. The van der Waals surface area contributed by atoms with Crippen LogP contribution in [-0.4, -0.2) is 58.3 Å². The SMILES string of the molecule is CN(CCc1ccccn1)C[C@@H]1C[C@H](c2ccc(CO)cc2)O[C@H](c2ccc(NC(=O)CCCC(=O)NO)cc2)O1. The number of hydroxylamine groups is 1. The predicted octanol–water partition coefficient (Wildman–Crippen LogP) is 3.91. The highest BCUT2D eigenvalue weighted by Gasteiger charge is 2.32. The molecule has 0 unspecified atom stereocenters. The molecule has 3 aromatic rings. The van der Waals surface area contributed by atoms with E-state index in [4.69, 9.17) is 14.7 Å². The Balaban J connectivity index is 1.40. The van der Waals surface area contributed by atoms with Gasteiger partial charge < -0.3 is 24.8 Å². The smallest absolute Gasteiger partial charge is 0.243 e. The molecule has 1 aliphatic heterocycles. The molecule has 1 aliphatic rings. The third kappa shape index (κ3) is 9.44. The molecule has 218 valence electrons. The number of benzene rings is 2. The van der Waals surface area contributed by atoms with Crippen LogP contribution in [0, 0.1) is 0 Å². The van der Waals surface area contributed by atoms with Gasteiger partial charge in [-0.1, -0.05) is 42.5 Å². The molecule has 0 aliphatic carbocycles. The molecule has 1 saturated heterocycles. The Morgan fingerprint density at radius 2 is 1.71 bits per heavy atom. The molecular weight excluding hydrogens is 524 g/mol. The highest BCUT2D eigenvalue weighted by atomic mass is 16.7. The number of likely N-dealkylation sites (N-methyl/N-ethyl adjacent to an activating group) is 1. The summed E-state index contributed by atoms with van der Waals surface area (Å²) in [5.41, 5.74) is 5.94. The molecule has 3 atom stereocenters. The fraction of sp³-hybridized carbons (Fsp3) is 0.387. The fourth-order valence-electron chi connectivity index (χ4n) is 4.74. The van der Waals surface area contributed by atoms with Gasteiger partial charge in [0.15, 0.2) is 6.29 Å². The number of ether oxygens (including phenoxy) is 2. The molecule has 0 bridgehead atoms. The Bertz CT molecular complexity index is 1240. The van der Waals surface area contributed by atoms with Gasteiger partial charge in [-0.3, -0.25) is 19.8 Å². The number of aliphatic hydroxyl groups is 1. The monoisotopic (exact) mass is 562 g/mol. The predicted molar refractivity (Wildman–Crippen MR) is 153 cm³/mol. The summed E-state index contributed by atoms with van der Waals surface area (Å²) < 4.78 is 12.9. The number of aliphatic hydroxyl groups excluding tert-OH is 1. The first-order chi connectivity index (χ1) is 19.9. The minimum atomic E-state index is -0.595. The van der Waals surface area contributed by atoms with Crippen molar-refractivity contribution in [3.05, 3.63) is 95.3 Å². The summed E-state index contributed by atoms with van der Waals surface area (Å²) in [7, 11) is 2.08. The lowest BCUT2D eigenvalue weighted by Gasteiger charge is -2.38. The lowest BCUT2D eigenvalue weighted by Crippen LogP contribution is -2.38. The Kier molecular flexibility index (Phi) is 11.4. The number of carbonyl (C=O) groups is 2. The number of nitrogens with one attached hydrogen (secondary N) is 2. The van der Waals surface area contributed by atoms with Crippen molar-refractivity contribution < 1.29 is 29.4 Å². The van der Waals surface area contributed by atoms with Gasteiger partial charge in [0.1, 0.15) is 0 Å². The maximum absolute atomic E-state index is 12.2. The lowest BCUT2D eigenvalue weighted by atomic mass is 9.99. The summed E-state index contributed by atoms with van der Waals surface area (Å²) in [6.45, 7) is 1.56. The third-order valence-electron chi connectivity index (χ3n) is 7.01. The molecule has 0 radical (unpaired) electrons. The van der Waals surface area contributed by atoms with Crippen LogP contribution in [-0.2, 0) is 32.1 Å². The second-order valence-corrected chi connectivity index (χ2v) is 10.2. The van der Waals surface area contributed by atoms with E-state index in [1.54, 1.807) is 17.6 Å². The summed E-state index contributed by atoms with van der Waals surface area (Å²) in [4.78, 5) is 30.0. The van der Waals surface area contributed by atoms with E-state index in [0.29, 0.717) is 18.5 Å². The number of hydrogen-bond donors (Lipinski definition) is 4. The molecule has 10 heteroatoms. The van der Waals surface area contributed by atoms with Gasteiger partial charge in [0.05, 0.1) is 18.8 Å². The summed E-state index contributed by atoms with van der Waals surface area (Å²) in [5.74, 6) is -0.733. The maximum Gasteiger partial charge on any atom is 0.243 e. The third-order valence-corrected chi connectivity index (χ3v) is 7.01. The fourth-order valence-corrected chi connectivity index (χ4v) is 4.74. The number of rotatable bonds is 13. The Hall–Kier alpha value is -3.67. The molecule has 0 saturated carbocycles. The van der Waals surface area contributed by atoms with Crippen molar-refractivity contribution in [2.45, 2.75) is 57.2 Å². The van der Waals surface area contributed by atoms with E-state index in [0.717, 1.165) is 41.9 Å². The highest BCUT2D eigenvalue weighted by Crippen LogP contribution is 2.38. The first-order valence-corrected chi connectivity index (χ1v) is 13.9. The molecule has 41 heavy (non-hydrogen) atoms. The minimum Gasteiger partial charge on any atom is -0.392 e. The molecule has 10 nitrogen and oxygen atoms in total. The highest BCUT2D eigenvalue weighted by molar-refractivity contribution is 5.91. The van der Waals surface area contributed by atoms with Gasteiger partial charge >= 0.3 is 0 Å². The zero-order chi connectivity index (χ0) is 29.0. The van der Waals surface area contributed by atoms with Crippen molar-refractivity contribution in [1.29, 1.82) is 0 Å². The minimum absolute atomic E-state index is 0.0118. The van der Waals surface area contributed by atoms with Crippen molar-refractivity contribution in [2.24, 2.45) is 0 Å². The van der Waals surface area contributed by atoms with Crippen LogP contribution in [0.2, 0.25) is 0 Å². The maximum atomic E-state index is 12.2. The molecule has 4 rings (SSSR count). The normalized spacial score (nSPS) is 18.7. The molecular formula is C31H38N4O6. The molecule has 1 aromatic heterocycles. The summed E-state index contributed by atoms with van der Waals surface area (Å²) in [6.07, 6.45) is 3.04. The number of amides is 2. The number of nitrogens with zero attached hydrogens (tertiary/aromatic N) is 2. The Morgan fingerprint density at radius 1 is 0.976 bits per heavy atom. The van der Waals surface area contributed by atoms with Crippen LogP contribution >= 0.6 is 0 Å². The van der Waals surface area contributed by atoms with E-state index in [2.05, 4.69) is 22.2 Å². The zero-order valence-corrected chi connectivity index (χ0v) is 23.2. The Labute approximate surface area is 240 Å². The second kappa shape index (κ2) is 15.4. The van der Waals surface area contributed by atoms with E-state index in [1.807, 2.05) is 60.8 Å². The van der Waals surface area contributed by atoms with Crippen molar-refractivity contribution in [2.75, 3.05) is 25.5 Å². The van der Waals surface area contributed by atoms with Crippen LogP contribution < -0.4 is 10.8 Å². The van der Waals surface area contributed by atoms with Gasteiger partial charge in [0.25, 0.3) is 0 Å². The van der Waals surface area contributed by atoms with Crippen LogP contribution in [0.5, 0.6) is 0 Å². The van der Waals surface area contributed by atoms with Crippen molar-refractivity contribution in [3.63, 3.8) is 0 Å². The first-order valence-electron chi connectivity index (χ1n) is 13.9. The van der Waals surface area contributed by atoms with Gasteiger partial charge in [-0.25, -0.2) is 5.48 Å². The van der Waals surface area contributed by atoms with Gasteiger partial charge in [-0.15, -0.1) is 0 Å². The van der Waals surface area contributed by atoms with E-state index in [-0.39, 0.29) is 37.6 Å². The number of aromatic nitrogens is 1. The molecule has 0 spiro atoms. The standard InChI is InChI=1S/C31H38N4O6/c1-35(18-16-25-5-2-3-17-32-25)20-27-19-28(23-10-8-22(21-36)9-11-23)41-31(40-27)24-12-14-26(15-13-24)33-29(37)6-4-7-30(38)34-39/h2-3,5,8-15,17,27-28,31,36,39H,4,6-7,16,18-21H2,1H3,(H,33,37)(H,34,38)/t27-,28+,31+/m0/s1. The average Bonchev–Trinajstić information content (AvgIpc) is 3.00. The van der Waals surface area contributed by atoms with Gasteiger partial charge in [0.2, 0.25) is 11.8 Å². The molecule has 2 aromatic carbocycles. The topological polar surface area (TPSA) is 133 Å². The van der Waals surface area contributed by atoms with Crippen LogP contribution in [0.15, 0.2) is 72.9 Å². The van der Waals surface area contributed by atoms with Gasteiger partial charge in [0, 0.05) is 61.9 Å². The number of pyridine rings is 1. The van der Waals surface area contributed by atoms with E-state index < -0.39 is 12.2 Å². The summed E-state index contributed by atoms with van der Waals surface area (Å²) >= 11 is 0. The van der Waals surface area contributed by atoms with Crippen LogP contribution in [0.3, 0.4) is 0 Å². The van der Waals surface area contributed by atoms with Crippen molar-refractivity contribution in [3.8, 4) is 0 Å². The van der Waals surface area contributed by atoms with Crippen LogP contribution in [0.1, 0.15) is 60.5 Å². The summed E-state index contributed by atoms with van der Waals surface area (Å²) in [6, 6.07) is 21.1. The zero-order valence-electron chi connectivity index (χ0n) is 23.2. The first kappa shape index (κ1) is 30.3. The molecule has 2 heterocycles. The average molecular weight is 563 g/mol. The largest absolute Gasteiger partial charge is 0.392 e. The molecule has 4 N–H and O–H groups in total. The van der Waals surface area contributed by atoms with E-state index in [9.17, 15) is 14.7 Å². The molecule has 2 amide bonds. The summed E-state index contributed by atoms with van der Waals surface area (Å²) in [5, 5.41) is 20.8. The lowest BCUT2D eigenvalue weighted by molar-refractivity contribution is -0.252. The van der Waals surface area contributed by atoms with Crippen LogP contribution in [0.25, 0.3) is 0 Å². The quantitative estimate of drug-likeness (QED) is 0.182.